The van der Waals surface area contributed by atoms with E-state index in [9.17, 15) is 5.26 Å². The second-order valence-electron chi connectivity index (χ2n) is 6.09. The molecule has 0 aliphatic rings. The molecule has 6 heteroatoms. The van der Waals surface area contributed by atoms with E-state index < -0.39 is 0 Å². The Kier molecular flexibility index (Phi) is 7.06. The van der Waals surface area contributed by atoms with E-state index in [-0.39, 0.29) is 6.61 Å². The Labute approximate surface area is 184 Å². The van der Waals surface area contributed by atoms with Gasteiger partial charge in [0.2, 0.25) is 0 Å². The summed E-state index contributed by atoms with van der Waals surface area (Å²) in [6.45, 7) is 0.240. The Morgan fingerprint density at radius 2 is 1.62 bits per heavy atom. The van der Waals surface area contributed by atoms with E-state index in [0.29, 0.717) is 32.0 Å². The monoisotopic (exact) mass is 443 g/mol. The maximum Gasteiger partial charge on any atom is 0.157 e. The summed E-state index contributed by atoms with van der Waals surface area (Å²) >= 11 is 18.9. The Bertz CT molecular complexity index is 1060. The highest BCUT2D eigenvalue weighted by molar-refractivity contribution is 6.37. The zero-order valence-electron chi connectivity index (χ0n) is 15.5. The summed E-state index contributed by atoms with van der Waals surface area (Å²) < 4.78 is 10.9. The van der Waals surface area contributed by atoms with Gasteiger partial charge in [-0.05, 0) is 59.7 Å². The molecule has 0 atom stereocenters. The molecule has 0 saturated carbocycles. The average molecular weight is 445 g/mol. The fourth-order valence-electron chi connectivity index (χ4n) is 2.68. The molecule has 29 heavy (non-hydrogen) atoms. The average Bonchev–Trinajstić information content (AvgIpc) is 2.72. The molecule has 0 radical (unpaired) electrons. The zero-order chi connectivity index (χ0) is 20.8. The highest BCUT2D eigenvalue weighted by Gasteiger charge is 2.11. The van der Waals surface area contributed by atoms with Gasteiger partial charge in [-0.1, -0.05) is 53.0 Å². The van der Waals surface area contributed by atoms with Gasteiger partial charge in [0.15, 0.2) is 5.75 Å². The number of nitrogens with zero attached hydrogens (tertiary/aromatic N) is 1. The molecule has 146 valence electrons. The molecule has 0 aliphatic heterocycles. The van der Waals surface area contributed by atoms with E-state index in [1.165, 1.54) is 0 Å². The fraction of sp³-hybridized carbons (Fsp3) is 0.0870. The first-order valence-electron chi connectivity index (χ1n) is 8.63. The molecule has 3 rings (SSSR count). The van der Waals surface area contributed by atoms with E-state index in [1.54, 1.807) is 43.5 Å². The molecule has 0 unspecified atom stereocenters. The predicted molar refractivity (Wildman–Crippen MR) is 119 cm³/mol. The SMILES string of the molecule is COc1ccc(/C(C#N)=C/c2cc(Cl)c(OCc3ccccc3Cl)c(Cl)c2)cc1. The smallest absolute Gasteiger partial charge is 0.157 e. The van der Waals surface area contributed by atoms with Crippen LogP contribution in [0, 0.1) is 11.3 Å². The van der Waals surface area contributed by atoms with E-state index in [1.807, 2.05) is 30.3 Å². The van der Waals surface area contributed by atoms with Crippen LogP contribution in [0.5, 0.6) is 11.5 Å². The molecule has 0 saturated heterocycles. The van der Waals surface area contributed by atoms with Crippen molar-refractivity contribution in [3.8, 4) is 17.6 Å². The van der Waals surface area contributed by atoms with Crippen molar-refractivity contribution >= 4 is 46.5 Å². The lowest BCUT2D eigenvalue weighted by atomic mass is 10.0. The van der Waals surface area contributed by atoms with Gasteiger partial charge in [-0.15, -0.1) is 0 Å². The molecule has 0 amide bonds. The van der Waals surface area contributed by atoms with Crippen LogP contribution in [0.2, 0.25) is 15.1 Å². The van der Waals surface area contributed by atoms with Crippen LogP contribution in [0.1, 0.15) is 16.7 Å². The minimum atomic E-state index is 0.240. The number of hydrogen-bond donors (Lipinski definition) is 0. The van der Waals surface area contributed by atoms with Crippen LogP contribution >= 0.6 is 34.8 Å². The van der Waals surface area contributed by atoms with Crippen LogP contribution in [0.15, 0.2) is 60.7 Å². The Balaban J connectivity index is 1.84. The van der Waals surface area contributed by atoms with Gasteiger partial charge in [0, 0.05) is 10.6 Å². The molecular formula is C23H16Cl3NO2. The third-order valence-corrected chi connectivity index (χ3v) is 5.11. The molecule has 0 heterocycles. The summed E-state index contributed by atoms with van der Waals surface area (Å²) in [5.74, 6) is 1.09. The maximum absolute atomic E-state index is 9.54. The highest BCUT2D eigenvalue weighted by atomic mass is 35.5. The van der Waals surface area contributed by atoms with Gasteiger partial charge >= 0.3 is 0 Å². The summed E-state index contributed by atoms with van der Waals surface area (Å²) in [5.41, 5.74) is 2.76. The lowest BCUT2D eigenvalue weighted by molar-refractivity contribution is 0.306. The number of methoxy groups -OCH3 is 1. The van der Waals surface area contributed by atoms with Crippen LogP contribution in [-0.4, -0.2) is 7.11 Å². The van der Waals surface area contributed by atoms with Gasteiger partial charge in [-0.3, -0.25) is 0 Å². The normalized spacial score (nSPS) is 11.1. The minimum absolute atomic E-state index is 0.240. The number of allylic oxidation sites excluding steroid dienone is 1. The first kappa shape index (κ1) is 21.1. The van der Waals surface area contributed by atoms with Crippen molar-refractivity contribution in [3.05, 3.63) is 92.4 Å². The lowest BCUT2D eigenvalue weighted by Crippen LogP contribution is -1.97. The molecule has 0 N–H and O–H groups in total. The van der Waals surface area contributed by atoms with Crippen LogP contribution < -0.4 is 9.47 Å². The number of halogens is 3. The minimum Gasteiger partial charge on any atom is -0.497 e. The largest absolute Gasteiger partial charge is 0.497 e. The Morgan fingerprint density at radius 1 is 0.966 bits per heavy atom. The van der Waals surface area contributed by atoms with Gasteiger partial charge in [-0.2, -0.15) is 5.26 Å². The van der Waals surface area contributed by atoms with Crippen molar-refractivity contribution < 1.29 is 9.47 Å². The topological polar surface area (TPSA) is 42.2 Å². The second kappa shape index (κ2) is 9.71. The Morgan fingerprint density at radius 3 is 2.21 bits per heavy atom. The third-order valence-electron chi connectivity index (χ3n) is 4.18. The van der Waals surface area contributed by atoms with Gasteiger partial charge in [0.25, 0.3) is 0 Å². The van der Waals surface area contributed by atoms with Gasteiger partial charge in [-0.25, -0.2) is 0 Å². The van der Waals surface area contributed by atoms with Crippen molar-refractivity contribution in [2.24, 2.45) is 0 Å². The van der Waals surface area contributed by atoms with E-state index >= 15 is 0 Å². The van der Waals surface area contributed by atoms with E-state index in [0.717, 1.165) is 16.9 Å². The first-order valence-corrected chi connectivity index (χ1v) is 9.76. The van der Waals surface area contributed by atoms with Crippen molar-refractivity contribution in [1.29, 1.82) is 5.26 Å². The van der Waals surface area contributed by atoms with Crippen LogP contribution in [0.4, 0.5) is 0 Å². The fourth-order valence-corrected chi connectivity index (χ4v) is 3.49. The summed E-state index contributed by atoms with van der Waals surface area (Å²) in [6, 6.07) is 20.2. The maximum atomic E-state index is 9.54. The van der Waals surface area contributed by atoms with Crippen LogP contribution in [-0.2, 0) is 6.61 Å². The molecule has 0 spiro atoms. The summed E-state index contributed by atoms with van der Waals surface area (Å²) in [5, 5.41) is 10.9. The number of ether oxygens (including phenoxy) is 2. The highest BCUT2D eigenvalue weighted by Crippen LogP contribution is 2.36. The molecule has 3 aromatic rings. The van der Waals surface area contributed by atoms with Crippen molar-refractivity contribution in [2.45, 2.75) is 6.61 Å². The summed E-state index contributed by atoms with van der Waals surface area (Å²) in [4.78, 5) is 0. The van der Waals surface area contributed by atoms with E-state index in [2.05, 4.69) is 6.07 Å². The number of hydrogen-bond acceptors (Lipinski definition) is 3. The number of nitriles is 1. The van der Waals surface area contributed by atoms with Gasteiger partial charge in [0.1, 0.15) is 12.4 Å². The quantitative estimate of drug-likeness (QED) is 0.296. The number of benzene rings is 3. The molecule has 3 aromatic carbocycles. The van der Waals surface area contributed by atoms with Crippen molar-refractivity contribution in [2.75, 3.05) is 7.11 Å². The Hall–Kier alpha value is -2.64. The molecule has 0 aliphatic carbocycles. The second-order valence-corrected chi connectivity index (χ2v) is 7.31. The summed E-state index contributed by atoms with van der Waals surface area (Å²) in [6.07, 6.45) is 1.72. The summed E-state index contributed by atoms with van der Waals surface area (Å²) in [7, 11) is 1.59. The first-order chi connectivity index (χ1) is 14.0. The molecule has 0 fully saturated rings. The molecule has 0 bridgehead atoms. The third kappa shape index (κ3) is 5.25. The van der Waals surface area contributed by atoms with E-state index in [4.69, 9.17) is 44.3 Å². The molecular weight excluding hydrogens is 429 g/mol. The van der Waals surface area contributed by atoms with Crippen LogP contribution in [0.25, 0.3) is 11.6 Å². The predicted octanol–water partition coefficient (Wildman–Crippen LogP) is 7.30. The van der Waals surface area contributed by atoms with Crippen LogP contribution in [0.3, 0.4) is 0 Å². The number of rotatable bonds is 6. The van der Waals surface area contributed by atoms with Crippen molar-refractivity contribution in [3.63, 3.8) is 0 Å². The zero-order valence-corrected chi connectivity index (χ0v) is 17.7. The van der Waals surface area contributed by atoms with Gasteiger partial charge in [0.05, 0.1) is 28.8 Å². The lowest BCUT2D eigenvalue weighted by Gasteiger charge is -2.12. The standard InChI is InChI=1S/C23H16Cl3NO2/c1-28-19-8-6-16(7-9-19)18(13-27)10-15-11-21(25)23(22(26)12-15)29-14-17-4-2-3-5-20(17)24/h2-12H,14H2,1H3/b18-10+. The van der Waals surface area contributed by atoms with Gasteiger partial charge < -0.3 is 9.47 Å². The van der Waals surface area contributed by atoms with Crippen molar-refractivity contribution in [1.82, 2.24) is 0 Å². The molecule has 0 aromatic heterocycles. The molecule has 3 nitrogen and oxygen atoms in total.